The van der Waals surface area contributed by atoms with E-state index in [1.807, 2.05) is 0 Å². The lowest BCUT2D eigenvalue weighted by molar-refractivity contribution is -0.139. The lowest BCUT2D eigenvalue weighted by Crippen LogP contribution is -2.40. The van der Waals surface area contributed by atoms with Crippen LogP contribution in [0.1, 0.15) is 53.0 Å². The molecule has 35 heavy (non-hydrogen) atoms. The number of allylic oxidation sites excluding steroid dienone is 1. The summed E-state index contributed by atoms with van der Waals surface area (Å²) in [5, 5.41) is 3.08. The molecule has 1 atom stereocenters. The zero-order valence-corrected chi connectivity index (χ0v) is 19.7. The minimum Gasteiger partial charge on any atom is -0.463 e. The number of aromatic nitrogens is 1. The number of ether oxygens (including phenoxy) is 2. The quantitative estimate of drug-likeness (QED) is 0.480. The number of esters is 2. The zero-order valence-electron chi connectivity index (χ0n) is 19.7. The van der Waals surface area contributed by atoms with Gasteiger partial charge in [0.1, 0.15) is 0 Å². The summed E-state index contributed by atoms with van der Waals surface area (Å²) in [6, 6.07) is 10.00. The van der Waals surface area contributed by atoms with Crippen LogP contribution in [0.4, 0.5) is 0 Å². The maximum absolute atomic E-state index is 13.3. The number of nitrogens with one attached hydrogen (secondary N) is 1. The molecule has 3 heterocycles. The summed E-state index contributed by atoms with van der Waals surface area (Å²) in [6.07, 6.45) is 3.14. The molecule has 2 amide bonds. The topological polar surface area (TPSA) is 115 Å². The van der Waals surface area contributed by atoms with Gasteiger partial charge in [0.15, 0.2) is 0 Å². The molecule has 9 heteroatoms. The van der Waals surface area contributed by atoms with Crippen LogP contribution in [0.15, 0.2) is 71.3 Å². The molecule has 4 rings (SSSR count). The Morgan fingerprint density at radius 3 is 2.09 bits per heavy atom. The Morgan fingerprint density at radius 1 is 0.943 bits per heavy atom. The molecule has 180 valence electrons. The number of carbonyl (C=O) groups is 4. The van der Waals surface area contributed by atoms with E-state index in [0.29, 0.717) is 22.4 Å². The smallest absolute Gasteiger partial charge is 0.336 e. The second-order valence-electron chi connectivity index (χ2n) is 7.96. The van der Waals surface area contributed by atoms with Crippen molar-refractivity contribution in [3.8, 4) is 0 Å². The first-order valence-electron chi connectivity index (χ1n) is 11.3. The van der Waals surface area contributed by atoms with Crippen LogP contribution in [-0.4, -0.2) is 53.4 Å². The Balaban J connectivity index is 1.84. The molecule has 1 unspecified atom stereocenters. The number of dihydropyridines is 1. The molecule has 1 aromatic carbocycles. The van der Waals surface area contributed by atoms with Crippen LogP contribution >= 0.6 is 0 Å². The lowest BCUT2D eigenvalue weighted by Gasteiger charge is -2.32. The number of pyridine rings is 1. The monoisotopic (exact) mass is 475 g/mol. The van der Waals surface area contributed by atoms with Crippen LogP contribution in [0.2, 0.25) is 0 Å². The Hall–Kier alpha value is -4.27. The van der Waals surface area contributed by atoms with Crippen molar-refractivity contribution in [2.75, 3.05) is 19.8 Å². The van der Waals surface area contributed by atoms with Gasteiger partial charge < -0.3 is 14.8 Å². The number of fused-ring (bicyclic) bond motifs is 1. The van der Waals surface area contributed by atoms with Crippen LogP contribution in [0.3, 0.4) is 0 Å². The van der Waals surface area contributed by atoms with Gasteiger partial charge in [0.05, 0.1) is 47.9 Å². The van der Waals surface area contributed by atoms with Crippen LogP contribution in [0.5, 0.6) is 0 Å². The van der Waals surface area contributed by atoms with Gasteiger partial charge in [-0.05, 0) is 44.5 Å². The predicted octanol–water partition coefficient (Wildman–Crippen LogP) is 2.72. The van der Waals surface area contributed by atoms with E-state index in [4.69, 9.17) is 9.47 Å². The molecular weight excluding hydrogens is 450 g/mol. The average molecular weight is 476 g/mol. The fraction of sp³-hybridized carbons (Fsp3) is 0.269. The van der Waals surface area contributed by atoms with E-state index in [0.717, 1.165) is 4.90 Å². The minimum atomic E-state index is -0.867. The van der Waals surface area contributed by atoms with E-state index < -0.39 is 29.7 Å². The van der Waals surface area contributed by atoms with E-state index in [1.165, 1.54) is 0 Å². The molecule has 2 aromatic rings. The summed E-state index contributed by atoms with van der Waals surface area (Å²) in [4.78, 5) is 57.5. The standard InChI is InChI=1S/C26H25N3O6/c1-4-34-25(32)20-15(3)28-19(14-29-23(30)17-10-6-7-11-18(17)24(29)31)22(26(33)35-5-2)21(20)16-9-8-12-27-13-16/h6-13,21,28H,4-5,14H2,1-3H3. The Bertz CT molecular complexity index is 1230. The van der Waals surface area contributed by atoms with Crippen molar-refractivity contribution in [2.45, 2.75) is 26.7 Å². The summed E-state index contributed by atoms with van der Waals surface area (Å²) in [7, 11) is 0. The van der Waals surface area contributed by atoms with Gasteiger partial charge in [-0.15, -0.1) is 0 Å². The molecule has 2 aliphatic heterocycles. The SMILES string of the molecule is CCOC(=O)C1=C(C)NC(CN2C(=O)c3ccccc3C2=O)=C(C(=O)OCC)C1c1cccnc1. The molecule has 0 radical (unpaired) electrons. The summed E-state index contributed by atoms with van der Waals surface area (Å²) < 4.78 is 10.6. The van der Waals surface area contributed by atoms with Gasteiger partial charge in [-0.1, -0.05) is 18.2 Å². The van der Waals surface area contributed by atoms with Crippen molar-refractivity contribution in [3.05, 3.63) is 88.0 Å². The molecule has 0 fully saturated rings. The molecule has 9 nitrogen and oxygen atoms in total. The van der Waals surface area contributed by atoms with E-state index in [9.17, 15) is 19.2 Å². The number of hydrogen-bond donors (Lipinski definition) is 1. The molecule has 0 aliphatic carbocycles. The third kappa shape index (κ3) is 4.32. The first-order chi connectivity index (χ1) is 16.9. The first kappa shape index (κ1) is 23.9. The van der Waals surface area contributed by atoms with E-state index >= 15 is 0 Å². The maximum atomic E-state index is 13.3. The fourth-order valence-corrected chi connectivity index (χ4v) is 4.37. The van der Waals surface area contributed by atoms with Gasteiger partial charge in [-0.2, -0.15) is 0 Å². The van der Waals surface area contributed by atoms with Crippen LogP contribution in [0, 0.1) is 0 Å². The maximum Gasteiger partial charge on any atom is 0.336 e. The number of amides is 2. The molecule has 0 bridgehead atoms. The molecule has 0 saturated carbocycles. The van der Waals surface area contributed by atoms with Gasteiger partial charge in [0.2, 0.25) is 0 Å². The van der Waals surface area contributed by atoms with Gasteiger partial charge >= 0.3 is 11.9 Å². The van der Waals surface area contributed by atoms with Crippen LogP contribution in [-0.2, 0) is 19.1 Å². The minimum absolute atomic E-state index is 0.0970. The van der Waals surface area contributed by atoms with Crippen molar-refractivity contribution in [2.24, 2.45) is 0 Å². The number of benzene rings is 1. The summed E-state index contributed by atoms with van der Waals surface area (Å²) in [6.45, 7) is 5.09. The number of nitrogens with zero attached hydrogens (tertiary/aromatic N) is 2. The summed E-state index contributed by atoms with van der Waals surface area (Å²) >= 11 is 0. The zero-order chi connectivity index (χ0) is 25.1. The van der Waals surface area contributed by atoms with Gasteiger partial charge in [-0.25, -0.2) is 9.59 Å². The molecule has 1 aromatic heterocycles. The lowest BCUT2D eigenvalue weighted by atomic mass is 9.80. The highest BCUT2D eigenvalue weighted by Crippen LogP contribution is 2.39. The highest BCUT2D eigenvalue weighted by molar-refractivity contribution is 6.21. The summed E-state index contributed by atoms with van der Waals surface area (Å²) in [5.74, 6) is -3.05. The third-order valence-electron chi connectivity index (χ3n) is 5.85. The van der Waals surface area contributed by atoms with Crippen LogP contribution in [0.25, 0.3) is 0 Å². The van der Waals surface area contributed by atoms with Crippen molar-refractivity contribution in [1.29, 1.82) is 0 Å². The predicted molar refractivity (Wildman–Crippen MR) is 125 cm³/mol. The van der Waals surface area contributed by atoms with E-state index in [2.05, 4.69) is 10.3 Å². The Kier molecular flexibility index (Phi) is 6.77. The van der Waals surface area contributed by atoms with Gasteiger partial charge in [0, 0.05) is 23.8 Å². The normalized spacial score (nSPS) is 17.3. The Morgan fingerprint density at radius 2 is 1.54 bits per heavy atom. The molecule has 0 saturated heterocycles. The molecular formula is C26H25N3O6. The van der Waals surface area contributed by atoms with Gasteiger partial charge in [0.25, 0.3) is 11.8 Å². The van der Waals surface area contributed by atoms with Crippen molar-refractivity contribution >= 4 is 23.8 Å². The van der Waals surface area contributed by atoms with Crippen molar-refractivity contribution < 1.29 is 28.7 Å². The largest absolute Gasteiger partial charge is 0.463 e. The highest BCUT2D eigenvalue weighted by atomic mass is 16.5. The van der Waals surface area contributed by atoms with Gasteiger partial charge in [-0.3, -0.25) is 19.5 Å². The first-order valence-corrected chi connectivity index (χ1v) is 11.3. The van der Waals surface area contributed by atoms with Crippen LogP contribution < -0.4 is 5.32 Å². The number of imide groups is 1. The second kappa shape index (κ2) is 9.92. The van der Waals surface area contributed by atoms with E-state index in [-0.39, 0.29) is 36.6 Å². The molecule has 0 spiro atoms. The Labute approximate surface area is 202 Å². The van der Waals surface area contributed by atoms with Crippen molar-refractivity contribution in [1.82, 2.24) is 15.2 Å². The molecule has 2 aliphatic rings. The second-order valence-corrected chi connectivity index (χ2v) is 7.96. The molecule has 1 N–H and O–H groups in total. The highest BCUT2D eigenvalue weighted by Gasteiger charge is 2.42. The summed E-state index contributed by atoms with van der Waals surface area (Å²) in [5.41, 5.74) is 2.25. The fourth-order valence-electron chi connectivity index (χ4n) is 4.37. The average Bonchev–Trinajstić information content (AvgIpc) is 3.09. The number of carbonyl (C=O) groups excluding carboxylic acids is 4. The number of rotatable bonds is 7. The third-order valence-corrected chi connectivity index (χ3v) is 5.85. The van der Waals surface area contributed by atoms with E-state index in [1.54, 1.807) is 69.6 Å². The van der Waals surface area contributed by atoms with Crippen molar-refractivity contribution in [3.63, 3.8) is 0 Å². The number of hydrogen-bond acceptors (Lipinski definition) is 8.